The highest BCUT2D eigenvalue weighted by Gasteiger charge is 2.34. The predicted octanol–water partition coefficient (Wildman–Crippen LogP) is 2.26. The van der Waals surface area contributed by atoms with Gasteiger partial charge in [-0.3, -0.25) is 14.6 Å². The number of carbonyl (C=O) groups is 2. The van der Waals surface area contributed by atoms with Crippen LogP contribution < -0.4 is 14.8 Å². The van der Waals surface area contributed by atoms with Crippen molar-refractivity contribution < 1.29 is 19.1 Å². The van der Waals surface area contributed by atoms with Gasteiger partial charge in [0.05, 0.1) is 26.8 Å². The van der Waals surface area contributed by atoms with Gasteiger partial charge in [0.1, 0.15) is 0 Å². The molecule has 0 aliphatic carbocycles. The molecule has 4 rings (SSSR count). The van der Waals surface area contributed by atoms with E-state index in [0.29, 0.717) is 24.6 Å². The van der Waals surface area contributed by atoms with Gasteiger partial charge in [0.25, 0.3) is 0 Å². The molecule has 1 aromatic heterocycles. The Labute approximate surface area is 167 Å². The minimum Gasteiger partial charge on any atom is -0.493 e. The van der Waals surface area contributed by atoms with Crippen molar-refractivity contribution in [2.75, 3.05) is 40.4 Å². The third kappa shape index (κ3) is 3.33. The van der Waals surface area contributed by atoms with Gasteiger partial charge in [0, 0.05) is 24.5 Å². The first kappa shape index (κ1) is 18.8. The number of nitrogens with one attached hydrogen (secondary N) is 1. The number of hydrogen-bond donors (Lipinski definition) is 1. The van der Waals surface area contributed by atoms with Crippen LogP contribution in [0.2, 0.25) is 0 Å². The summed E-state index contributed by atoms with van der Waals surface area (Å²) in [4.78, 5) is 29.2. The van der Waals surface area contributed by atoms with Crippen LogP contribution in [0.15, 0.2) is 29.6 Å². The minimum atomic E-state index is -0.304. The van der Waals surface area contributed by atoms with E-state index < -0.39 is 0 Å². The summed E-state index contributed by atoms with van der Waals surface area (Å²) < 4.78 is 11.0. The monoisotopic (exact) mass is 401 g/mol. The van der Waals surface area contributed by atoms with Crippen LogP contribution in [0.4, 0.5) is 4.79 Å². The molecule has 28 heavy (non-hydrogen) atoms. The van der Waals surface area contributed by atoms with E-state index in [-0.39, 0.29) is 24.5 Å². The third-order valence-electron chi connectivity index (χ3n) is 5.28. The average molecular weight is 401 g/mol. The van der Waals surface area contributed by atoms with Gasteiger partial charge in [-0.25, -0.2) is 4.79 Å². The fourth-order valence-corrected chi connectivity index (χ4v) is 4.79. The average Bonchev–Trinajstić information content (AvgIpc) is 3.38. The number of benzene rings is 1. The van der Waals surface area contributed by atoms with E-state index in [4.69, 9.17) is 9.47 Å². The highest BCUT2D eigenvalue weighted by Crippen LogP contribution is 2.42. The summed E-state index contributed by atoms with van der Waals surface area (Å²) >= 11 is 1.66. The number of fused-ring (bicyclic) bond motifs is 1. The van der Waals surface area contributed by atoms with Crippen molar-refractivity contribution in [1.29, 1.82) is 0 Å². The van der Waals surface area contributed by atoms with E-state index in [2.05, 4.69) is 16.3 Å². The molecule has 0 bridgehead atoms. The number of methoxy groups -OCH3 is 2. The zero-order valence-corrected chi connectivity index (χ0v) is 16.8. The van der Waals surface area contributed by atoms with Crippen LogP contribution in [0.5, 0.6) is 11.5 Å². The van der Waals surface area contributed by atoms with Gasteiger partial charge in [0.2, 0.25) is 5.91 Å². The Hall–Kier alpha value is -2.58. The standard InChI is InChI=1S/C20H23N3O4S/c1-26-15-10-13-5-7-22(12-18(24)23-8-6-21-20(23)25)19(17-4-3-9-28-17)14(13)11-16(15)27-2/h3-4,9-11,19H,5-8,12H2,1-2H3,(H,21,25)/t19-/m1/s1. The van der Waals surface area contributed by atoms with Gasteiger partial charge in [-0.2, -0.15) is 0 Å². The first-order chi connectivity index (χ1) is 13.6. The SMILES string of the molecule is COc1cc2c(cc1OC)[C@H](c1cccs1)N(CC(=O)N1CCNC1=O)CC2. The molecule has 1 aromatic carbocycles. The lowest BCUT2D eigenvalue weighted by Gasteiger charge is -2.37. The van der Waals surface area contributed by atoms with E-state index in [1.165, 1.54) is 10.5 Å². The Balaban J connectivity index is 1.69. The smallest absolute Gasteiger partial charge is 0.324 e. The molecule has 2 aliphatic rings. The second-order valence-corrected chi connectivity index (χ2v) is 7.80. The highest BCUT2D eigenvalue weighted by molar-refractivity contribution is 7.10. The molecule has 2 aromatic rings. The highest BCUT2D eigenvalue weighted by atomic mass is 32.1. The van der Waals surface area contributed by atoms with Crippen LogP contribution in [-0.4, -0.2) is 62.1 Å². The lowest BCUT2D eigenvalue weighted by molar-refractivity contribution is -0.129. The molecule has 7 nitrogen and oxygen atoms in total. The fourth-order valence-electron chi connectivity index (χ4n) is 3.92. The van der Waals surface area contributed by atoms with Crippen molar-refractivity contribution in [3.63, 3.8) is 0 Å². The van der Waals surface area contributed by atoms with Crippen LogP contribution >= 0.6 is 11.3 Å². The van der Waals surface area contributed by atoms with E-state index >= 15 is 0 Å². The Kier molecular flexibility index (Phi) is 5.23. The molecule has 0 radical (unpaired) electrons. The lowest BCUT2D eigenvalue weighted by atomic mass is 9.91. The van der Waals surface area contributed by atoms with E-state index in [9.17, 15) is 9.59 Å². The van der Waals surface area contributed by atoms with Gasteiger partial charge >= 0.3 is 6.03 Å². The number of urea groups is 1. The Morgan fingerprint density at radius 2 is 2.04 bits per heavy atom. The third-order valence-corrected chi connectivity index (χ3v) is 6.21. The summed E-state index contributed by atoms with van der Waals surface area (Å²) in [6, 6.07) is 7.78. The molecule has 1 atom stereocenters. The molecule has 3 heterocycles. The van der Waals surface area contributed by atoms with Crippen LogP contribution in [-0.2, 0) is 11.2 Å². The normalized spacial score (nSPS) is 19.3. The van der Waals surface area contributed by atoms with Crippen LogP contribution in [0.1, 0.15) is 22.0 Å². The first-order valence-electron chi connectivity index (χ1n) is 9.22. The van der Waals surface area contributed by atoms with E-state index in [0.717, 1.165) is 23.4 Å². The number of ether oxygens (including phenoxy) is 2. The Morgan fingerprint density at radius 3 is 2.68 bits per heavy atom. The zero-order valence-electron chi connectivity index (χ0n) is 15.9. The quantitative estimate of drug-likeness (QED) is 0.832. The molecule has 1 fully saturated rings. The van der Waals surface area contributed by atoms with E-state index in [1.54, 1.807) is 25.6 Å². The maximum absolute atomic E-state index is 12.8. The number of amides is 3. The molecule has 2 aliphatic heterocycles. The van der Waals surface area contributed by atoms with Crippen LogP contribution in [0.3, 0.4) is 0 Å². The van der Waals surface area contributed by atoms with Crippen molar-refractivity contribution in [3.05, 3.63) is 45.6 Å². The molecule has 0 spiro atoms. The largest absolute Gasteiger partial charge is 0.493 e. The number of carbonyl (C=O) groups excluding carboxylic acids is 2. The summed E-state index contributed by atoms with van der Waals surface area (Å²) in [7, 11) is 3.26. The van der Waals surface area contributed by atoms with Crippen LogP contribution in [0.25, 0.3) is 0 Å². The van der Waals surface area contributed by atoms with Gasteiger partial charge in [0.15, 0.2) is 11.5 Å². The van der Waals surface area contributed by atoms with Crippen LogP contribution in [0, 0.1) is 0 Å². The summed E-state index contributed by atoms with van der Waals surface area (Å²) in [5, 5.41) is 4.73. The summed E-state index contributed by atoms with van der Waals surface area (Å²) in [6.07, 6.45) is 0.803. The molecule has 0 saturated carbocycles. The van der Waals surface area contributed by atoms with E-state index in [1.807, 2.05) is 23.6 Å². The summed E-state index contributed by atoms with van der Waals surface area (Å²) in [5.41, 5.74) is 2.31. The van der Waals surface area contributed by atoms with Crippen molar-refractivity contribution in [2.45, 2.75) is 12.5 Å². The number of rotatable bonds is 5. The van der Waals surface area contributed by atoms with Gasteiger partial charge in [-0.15, -0.1) is 11.3 Å². The second kappa shape index (κ2) is 7.81. The molecule has 148 valence electrons. The predicted molar refractivity (Wildman–Crippen MR) is 106 cm³/mol. The van der Waals surface area contributed by atoms with Gasteiger partial charge in [-0.05, 0) is 41.1 Å². The minimum absolute atomic E-state index is 0.0572. The number of nitrogens with zero attached hydrogens (tertiary/aromatic N) is 2. The number of imide groups is 1. The number of hydrogen-bond acceptors (Lipinski definition) is 6. The zero-order chi connectivity index (χ0) is 19.7. The molecule has 1 N–H and O–H groups in total. The molecule has 1 saturated heterocycles. The van der Waals surface area contributed by atoms with Crippen molar-refractivity contribution in [1.82, 2.24) is 15.1 Å². The molecular formula is C20H23N3O4S. The second-order valence-electron chi connectivity index (χ2n) is 6.82. The van der Waals surface area contributed by atoms with Crippen molar-refractivity contribution in [3.8, 4) is 11.5 Å². The maximum atomic E-state index is 12.8. The number of thiophene rings is 1. The van der Waals surface area contributed by atoms with Gasteiger partial charge < -0.3 is 14.8 Å². The first-order valence-corrected chi connectivity index (χ1v) is 10.1. The van der Waals surface area contributed by atoms with Gasteiger partial charge in [-0.1, -0.05) is 6.07 Å². The molecule has 3 amide bonds. The lowest BCUT2D eigenvalue weighted by Crippen LogP contribution is -2.45. The fraction of sp³-hybridized carbons (Fsp3) is 0.400. The Morgan fingerprint density at radius 1 is 1.25 bits per heavy atom. The topological polar surface area (TPSA) is 71.1 Å². The molecule has 8 heteroatoms. The molecule has 0 unspecified atom stereocenters. The van der Waals surface area contributed by atoms with Crippen molar-refractivity contribution >= 4 is 23.3 Å². The summed E-state index contributed by atoms with van der Waals surface area (Å²) in [6.45, 7) is 1.87. The van der Waals surface area contributed by atoms with Crippen molar-refractivity contribution in [2.24, 2.45) is 0 Å². The maximum Gasteiger partial charge on any atom is 0.324 e. The summed E-state index contributed by atoms with van der Waals surface area (Å²) in [5.74, 6) is 1.22. The molecular weight excluding hydrogens is 378 g/mol. The Bertz CT molecular complexity index is 884.